The van der Waals surface area contributed by atoms with Crippen molar-refractivity contribution in [2.75, 3.05) is 4.72 Å². The molecule has 5 nitrogen and oxygen atoms in total. The third-order valence-corrected chi connectivity index (χ3v) is 4.82. The molecule has 2 N–H and O–H groups in total. The van der Waals surface area contributed by atoms with Gasteiger partial charge in [-0.1, -0.05) is 41.5 Å². The molecule has 0 heterocycles. The zero-order valence-electron chi connectivity index (χ0n) is 13.3. The summed E-state index contributed by atoms with van der Waals surface area (Å²) >= 11 is 5.76. The van der Waals surface area contributed by atoms with Crippen molar-refractivity contribution in [2.24, 2.45) is 0 Å². The first-order chi connectivity index (χ1) is 11.8. The van der Waals surface area contributed by atoms with Gasteiger partial charge in [0.1, 0.15) is 0 Å². The molecule has 2 rings (SSSR count). The van der Waals surface area contributed by atoms with E-state index >= 15 is 0 Å². The molecule has 7 heteroatoms. The maximum absolute atomic E-state index is 12.3. The van der Waals surface area contributed by atoms with Gasteiger partial charge < -0.3 is 5.11 Å². The van der Waals surface area contributed by atoms with Gasteiger partial charge in [0.2, 0.25) is 0 Å². The van der Waals surface area contributed by atoms with E-state index in [9.17, 15) is 13.2 Å². The summed E-state index contributed by atoms with van der Waals surface area (Å²) in [6.45, 7) is 1.77. The molecule has 0 atom stereocenters. The zero-order chi connectivity index (χ0) is 18.4. The fraction of sp³-hybridized carbons (Fsp3) is 0.0556. The second kappa shape index (κ2) is 8.00. The molecular weight excluding hydrogens is 362 g/mol. The molecule has 0 saturated carbocycles. The van der Waals surface area contributed by atoms with Crippen molar-refractivity contribution in [3.05, 3.63) is 76.8 Å². The number of halogens is 1. The van der Waals surface area contributed by atoms with Gasteiger partial charge in [0.25, 0.3) is 10.0 Å². The molecule has 0 aromatic heterocycles. The number of hydrogen-bond acceptors (Lipinski definition) is 3. The van der Waals surface area contributed by atoms with E-state index < -0.39 is 16.0 Å². The highest BCUT2D eigenvalue weighted by atomic mass is 35.5. The topological polar surface area (TPSA) is 83.5 Å². The van der Waals surface area contributed by atoms with E-state index in [0.717, 1.165) is 17.2 Å². The molecule has 0 unspecified atom stereocenters. The van der Waals surface area contributed by atoms with Gasteiger partial charge in [0.05, 0.1) is 4.90 Å². The maximum atomic E-state index is 12.3. The summed E-state index contributed by atoms with van der Waals surface area (Å²) in [6, 6.07) is 12.6. The average Bonchev–Trinajstić information content (AvgIpc) is 2.55. The highest BCUT2D eigenvalue weighted by Crippen LogP contribution is 2.19. The lowest BCUT2D eigenvalue weighted by atomic mass is 10.1. The second-order valence-corrected chi connectivity index (χ2v) is 7.36. The lowest BCUT2D eigenvalue weighted by Crippen LogP contribution is -2.12. The summed E-state index contributed by atoms with van der Waals surface area (Å²) in [5.41, 5.74) is 2.00. The summed E-state index contributed by atoms with van der Waals surface area (Å²) in [4.78, 5) is 10.6. The molecule has 0 amide bonds. The number of benzene rings is 2. The van der Waals surface area contributed by atoms with Crippen molar-refractivity contribution < 1.29 is 18.3 Å². The van der Waals surface area contributed by atoms with Crippen molar-refractivity contribution in [1.82, 2.24) is 0 Å². The molecule has 25 heavy (non-hydrogen) atoms. The van der Waals surface area contributed by atoms with Crippen LogP contribution in [0.5, 0.6) is 0 Å². The lowest BCUT2D eigenvalue weighted by Gasteiger charge is -2.08. The molecule has 0 aliphatic rings. The maximum Gasteiger partial charge on any atom is 0.328 e. The third kappa shape index (κ3) is 5.77. The van der Waals surface area contributed by atoms with E-state index in [0.29, 0.717) is 10.7 Å². The van der Waals surface area contributed by atoms with Crippen molar-refractivity contribution in [3.63, 3.8) is 0 Å². The first-order valence-corrected chi connectivity index (χ1v) is 9.10. The predicted molar refractivity (Wildman–Crippen MR) is 99.1 cm³/mol. The van der Waals surface area contributed by atoms with Crippen molar-refractivity contribution >= 4 is 39.4 Å². The van der Waals surface area contributed by atoms with Crippen LogP contribution in [0.25, 0.3) is 6.08 Å². The quantitative estimate of drug-likeness (QED) is 0.584. The number of hydrogen-bond donors (Lipinski definition) is 2. The Kier molecular flexibility index (Phi) is 6.01. The summed E-state index contributed by atoms with van der Waals surface area (Å²) < 4.78 is 27.1. The molecule has 2 aromatic carbocycles. The van der Waals surface area contributed by atoms with Crippen LogP contribution in [0, 0.1) is 0 Å². The number of carboxylic acids is 1. The molecule has 2 aromatic rings. The van der Waals surface area contributed by atoms with Gasteiger partial charge in [0.15, 0.2) is 0 Å². The minimum absolute atomic E-state index is 0.121. The molecular formula is C18H16ClNO4S. The second-order valence-electron chi connectivity index (χ2n) is 5.24. The average molecular weight is 378 g/mol. The van der Waals surface area contributed by atoms with Gasteiger partial charge in [0, 0.05) is 16.8 Å². The molecule has 0 radical (unpaired) electrons. The van der Waals surface area contributed by atoms with Crippen molar-refractivity contribution in [2.45, 2.75) is 11.8 Å². The van der Waals surface area contributed by atoms with E-state index in [1.807, 2.05) is 0 Å². The fourth-order valence-electron chi connectivity index (χ4n) is 1.99. The monoisotopic (exact) mass is 377 g/mol. The van der Waals surface area contributed by atoms with Crippen LogP contribution in [0.2, 0.25) is 5.02 Å². The van der Waals surface area contributed by atoms with Crippen LogP contribution < -0.4 is 4.72 Å². The first-order valence-electron chi connectivity index (χ1n) is 7.24. The molecule has 0 fully saturated rings. The highest BCUT2D eigenvalue weighted by Gasteiger charge is 2.13. The van der Waals surface area contributed by atoms with E-state index in [1.54, 1.807) is 37.3 Å². The Morgan fingerprint density at radius 2 is 1.64 bits per heavy atom. The van der Waals surface area contributed by atoms with Gasteiger partial charge >= 0.3 is 5.97 Å². The number of anilines is 1. The van der Waals surface area contributed by atoms with Crippen molar-refractivity contribution in [1.29, 1.82) is 0 Å². The minimum atomic E-state index is -3.68. The normalized spacial score (nSPS) is 12.3. The van der Waals surface area contributed by atoms with Crippen LogP contribution in [-0.2, 0) is 14.8 Å². The zero-order valence-corrected chi connectivity index (χ0v) is 14.9. The Morgan fingerprint density at radius 3 is 2.20 bits per heavy atom. The van der Waals surface area contributed by atoms with E-state index in [2.05, 4.69) is 4.72 Å². The molecule has 0 spiro atoms. The summed E-state index contributed by atoms with van der Waals surface area (Å²) in [7, 11) is -3.68. The molecule has 0 saturated heterocycles. The number of carboxylic acid groups (broad SMARTS) is 1. The number of sulfonamides is 1. The molecule has 0 bridgehead atoms. The Balaban J connectivity index is 2.13. The summed E-state index contributed by atoms with van der Waals surface area (Å²) in [5.74, 6) is -1.01. The van der Waals surface area contributed by atoms with Crippen LogP contribution in [-0.4, -0.2) is 19.5 Å². The Morgan fingerprint density at radius 1 is 1.04 bits per heavy atom. The van der Waals surface area contributed by atoms with Crippen LogP contribution in [0.15, 0.2) is 71.2 Å². The molecule has 0 aliphatic carbocycles. The van der Waals surface area contributed by atoms with E-state index in [1.165, 1.54) is 30.3 Å². The van der Waals surface area contributed by atoms with Gasteiger partial charge in [-0.15, -0.1) is 0 Å². The smallest absolute Gasteiger partial charge is 0.328 e. The lowest BCUT2D eigenvalue weighted by molar-refractivity contribution is -0.131. The summed E-state index contributed by atoms with van der Waals surface area (Å²) in [6.07, 6.45) is 4.33. The van der Waals surface area contributed by atoms with Gasteiger partial charge in [-0.25, -0.2) is 13.2 Å². The number of nitrogens with one attached hydrogen (secondary N) is 1. The fourth-order valence-corrected chi connectivity index (χ4v) is 3.17. The largest absolute Gasteiger partial charge is 0.478 e. The summed E-state index contributed by atoms with van der Waals surface area (Å²) in [5, 5.41) is 9.06. The van der Waals surface area contributed by atoms with Crippen LogP contribution in [0.1, 0.15) is 12.5 Å². The molecule has 0 aliphatic heterocycles. The Hall–Kier alpha value is -2.57. The Bertz CT molecular complexity index is 915. The van der Waals surface area contributed by atoms with Crippen LogP contribution in [0.4, 0.5) is 5.69 Å². The van der Waals surface area contributed by atoms with Crippen LogP contribution >= 0.6 is 11.6 Å². The number of allylic oxidation sites excluding steroid dienone is 2. The predicted octanol–water partition coefficient (Wildman–Crippen LogP) is 4.18. The minimum Gasteiger partial charge on any atom is -0.478 e. The van der Waals surface area contributed by atoms with Crippen molar-refractivity contribution in [3.8, 4) is 0 Å². The SMILES string of the molecule is CC(/C=C/C(=O)O)=C\c1ccc(NS(=O)(=O)c2ccc(Cl)cc2)cc1. The third-order valence-electron chi connectivity index (χ3n) is 3.17. The van der Waals surface area contributed by atoms with Gasteiger partial charge in [-0.2, -0.15) is 0 Å². The van der Waals surface area contributed by atoms with Gasteiger partial charge in [-0.05, 0) is 48.9 Å². The first kappa shape index (κ1) is 18.8. The van der Waals surface area contributed by atoms with Gasteiger partial charge in [-0.3, -0.25) is 4.72 Å². The van der Waals surface area contributed by atoms with Crippen LogP contribution in [0.3, 0.4) is 0 Å². The Labute approximate surface area is 151 Å². The number of carbonyl (C=O) groups is 1. The molecule has 130 valence electrons. The number of rotatable bonds is 6. The standard InChI is InChI=1S/C18H16ClNO4S/c1-13(2-11-18(21)22)12-14-3-7-16(8-4-14)20-25(23,24)17-9-5-15(19)6-10-17/h2-12,20H,1H3,(H,21,22)/b11-2+,13-12+. The van der Waals surface area contributed by atoms with E-state index in [-0.39, 0.29) is 4.90 Å². The highest BCUT2D eigenvalue weighted by molar-refractivity contribution is 7.92. The number of aliphatic carboxylic acids is 1. The van der Waals surface area contributed by atoms with E-state index in [4.69, 9.17) is 16.7 Å².